The van der Waals surface area contributed by atoms with Gasteiger partial charge < -0.3 is 15.2 Å². The van der Waals surface area contributed by atoms with Gasteiger partial charge in [-0.2, -0.15) is 0 Å². The first-order chi connectivity index (χ1) is 12.6. The number of hydrogen-bond acceptors (Lipinski definition) is 5. The molecule has 0 radical (unpaired) electrons. The molecule has 2 aromatic carbocycles. The van der Waals surface area contributed by atoms with Gasteiger partial charge in [-0.05, 0) is 22.3 Å². The average molecular weight is 353 g/mol. The molecule has 1 aliphatic heterocycles. The predicted molar refractivity (Wildman–Crippen MR) is 94.6 cm³/mol. The van der Waals surface area contributed by atoms with Crippen LogP contribution in [0, 0.1) is 0 Å². The first kappa shape index (κ1) is 16.6. The van der Waals surface area contributed by atoms with Crippen molar-refractivity contribution in [2.75, 3.05) is 13.2 Å². The molecule has 2 unspecified atom stereocenters. The lowest BCUT2D eigenvalue weighted by Crippen LogP contribution is -2.49. The zero-order chi connectivity index (χ0) is 18.1. The van der Waals surface area contributed by atoms with Crippen molar-refractivity contribution < 1.29 is 19.4 Å². The van der Waals surface area contributed by atoms with Crippen molar-refractivity contribution in [3.8, 4) is 11.1 Å². The highest BCUT2D eigenvalue weighted by Crippen LogP contribution is 2.44. The Morgan fingerprint density at radius 2 is 1.69 bits per heavy atom. The van der Waals surface area contributed by atoms with Gasteiger partial charge in [0.2, 0.25) is 0 Å². The molecule has 134 valence electrons. The van der Waals surface area contributed by atoms with E-state index in [-0.39, 0.29) is 12.5 Å². The number of carbonyl (C=O) groups is 2. The highest BCUT2D eigenvalue weighted by molar-refractivity contribution is 5.79. The summed E-state index contributed by atoms with van der Waals surface area (Å²) in [7, 11) is 0. The zero-order valence-corrected chi connectivity index (χ0v) is 13.9. The van der Waals surface area contributed by atoms with E-state index in [0.29, 0.717) is 6.54 Å². The van der Waals surface area contributed by atoms with Crippen LogP contribution in [0.25, 0.3) is 11.1 Å². The minimum Gasteiger partial charge on any atom is -0.480 e. The van der Waals surface area contributed by atoms with Crippen LogP contribution in [0.1, 0.15) is 17.0 Å². The van der Waals surface area contributed by atoms with Crippen LogP contribution in [0.4, 0.5) is 4.79 Å². The van der Waals surface area contributed by atoms with Crippen molar-refractivity contribution >= 4 is 12.1 Å². The molecule has 1 saturated heterocycles. The molecular formula is C19H19N3O4. The number of ether oxygens (including phenoxy) is 1. The number of amides is 1. The second-order valence-corrected chi connectivity index (χ2v) is 6.42. The first-order valence-electron chi connectivity index (χ1n) is 8.48. The summed E-state index contributed by atoms with van der Waals surface area (Å²) in [6, 6.07) is 14.7. The number of carboxylic acids is 1. The lowest BCUT2D eigenvalue weighted by atomic mass is 9.98. The van der Waals surface area contributed by atoms with Crippen LogP contribution in [0.2, 0.25) is 0 Å². The molecule has 1 heterocycles. The fourth-order valence-corrected chi connectivity index (χ4v) is 3.66. The number of benzene rings is 2. The second kappa shape index (κ2) is 6.78. The van der Waals surface area contributed by atoms with Gasteiger partial charge in [0, 0.05) is 12.5 Å². The summed E-state index contributed by atoms with van der Waals surface area (Å²) in [5.41, 5.74) is 9.93. The van der Waals surface area contributed by atoms with E-state index in [9.17, 15) is 9.59 Å². The number of hydrogen-bond donors (Lipinski definition) is 4. The van der Waals surface area contributed by atoms with Crippen LogP contribution in [0.3, 0.4) is 0 Å². The van der Waals surface area contributed by atoms with E-state index < -0.39 is 24.1 Å². The molecule has 2 aliphatic rings. The Morgan fingerprint density at radius 3 is 2.31 bits per heavy atom. The third kappa shape index (κ3) is 2.91. The van der Waals surface area contributed by atoms with Gasteiger partial charge >= 0.3 is 12.1 Å². The average Bonchev–Trinajstić information content (AvgIpc) is 3.23. The van der Waals surface area contributed by atoms with Crippen molar-refractivity contribution in [2.24, 2.45) is 0 Å². The summed E-state index contributed by atoms with van der Waals surface area (Å²) in [5.74, 6) is -1.05. The van der Waals surface area contributed by atoms with Gasteiger partial charge in [-0.3, -0.25) is 10.2 Å². The summed E-state index contributed by atoms with van der Waals surface area (Å²) in [6.45, 7) is 0.520. The molecule has 1 aliphatic carbocycles. The fraction of sp³-hybridized carbons (Fsp3) is 0.263. The molecule has 0 bridgehead atoms. The van der Waals surface area contributed by atoms with Crippen molar-refractivity contribution in [3.63, 3.8) is 0 Å². The van der Waals surface area contributed by atoms with Gasteiger partial charge in [0.15, 0.2) is 0 Å². The van der Waals surface area contributed by atoms with Gasteiger partial charge in [0.05, 0.1) is 6.04 Å². The third-order valence-corrected chi connectivity index (χ3v) is 4.89. The highest BCUT2D eigenvalue weighted by atomic mass is 16.5. The van der Waals surface area contributed by atoms with E-state index in [0.717, 1.165) is 22.3 Å². The van der Waals surface area contributed by atoms with Crippen LogP contribution in [0.15, 0.2) is 48.5 Å². The Balaban J connectivity index is 1.45. The fourth-order valence-electron chi connectivity index (χ4n) is 3.66. The Bertz CT molecular complexity index is 809. The lowest BCUT2D eigenvalue weighted by Gasteiger charge is -2.18. The molecule has 2 aromatic rings. The van der Waals surface area contributed by atoms with Gasteiger partial charge in [0.1, 0.15) is 12.6 Å². The summed E-state index contributed by atoms with van der Waals surface area (Å²) >= 11 is 0. The molecule has 4 N–H and O–H groups in total. The quantitative estimate of drug-likeness (QED) is 0.664. The Labute approximate surface area is 150 Å². The Hall–Kier alpha value is -2.90. The Kier molecular flexibility index (Phi) is 4.32. The number of fused-ring (bicyclic) bond motifs is 3. The third-order valence-electron chi connectivity index (χ3n) is 4.89. The molecule has 1 amide bonds. The summed E-state index contributed by atoms with van der Waals surface area (Å²) in [4.78, 5) is 23.3. The number of alkyl carbamates (subject to hydrolysis) is 1. The Morgan fingerprint density at radius 1 is 1.08 bits per heavy atom. The van der Waals surface area contributed by atoms with E-state index in [2.05, 4.69) is 28.3 Å². The lowest BCUT2D eigenvalue weighted by molar-refractivity contribution is -0.139. The first-order valence-corrected chi connectivity index (χ1v) is 8.48. The molecule has 26 heavy (non-hydrogen) atoms. The molecule has 0 saturated carbocycles. The van der Waals surface area contributed by atoms with E-state index in [1.807, 2.05) is 36.4 Å². The largest absolute Gasteiger partial charge is 0.480 e. The molecule has 7 heteroatoms. The topological polar surface area (TPSA) is 99.7 Å². The standard InChI is InChI=1S/C19H19N3O4/c23-18(24)17-16(9-20-22-17)21-19(25)26-10-15-13-7-3-1-5-11(13)12-6-2-4-8-14(12)15/h1-8,15-17,20,22H,9-10H2,(H,21,25)(H,23,24). The summed E-state index contributed by atoms with van der Waals surface area (Å²) in [5, 5.41) is 11.7. The molecule has 0 spiro atoms. The van der Waals surface area contributed by atoms with Crippen LogP contribution in [-0.4, -0.2) is 42.4 Å². The minimum absolute atomic E-state index is 0.0248. The number of rotatable bonds is 4. The van der Waals surface area contributed by atoms with E-state index >= 15 is 0 Å². The van der Waals surface area contributed by atoms with E-state index in [1.54, 1.807) is 0 Å². The van der Waals surface area contributed by atoms with Gasteiger partial charge in [-0.15, -0.1) is 0 Å². The molecule has 7 nitrogen and oxygen atoms in total. The van der Waals surface area contributed by atoms with Gasteiger partial charge in [-0.25, -0.2) is 10.2 Å². The van der Waals surface area contributed by atoms with Gasteiger partial charge in [0.25, 0.3) is 0 Å². The minimum atomic E-state index is -1.03. The number of nitrogens with one attached hydrogen (secondary N) is 3. The monoisotopic (exact) mass is 353 g/mol. The van der Waals surface area contributed by atoms with Crippen LogP contribution in [-0.2, 0) is 9.53 Å². The van der Waals surface area contributed by atoms with E-state index in [4.69, 9.17) is 9.84 Å². The molecule has 2 atom stereocenters. The SMILES string of the molecule is O=C(NC1CNNC1C(=O)O)OCC1c2ccccc2-c2ccccc21. The number of carboxylic acid groups (broad SMARTS) is 1. The highest BCUT2D eigenvalue weighted by Gasteiger charge is 2.35. The zero-order valence-electron chi connectivity index (χ0n) is 13.9. The van der Waals surface area contributed by atoms with Crippen molar-refractivity contribution in [1.29, 1.82) is 0 Å². The maximum absolute atomic E-state index is 12.2. The summed E-state index contributed by atoms with van der Waals surface area (Å²) in [6.07, 6.45) is -0.617. The molecule has 4 rings (SSSR count). The van der Waals surface area contributed by atoms with Crippen molar-refractivity contribution in [3.05, 3.63) is 59.7 Å². The predicted octanol–water partition coefficient (Wildman–Crippen LogP) is 1.45. The van der Waals surface area contributed by atoms with E-state index in [1.165, 1.54) is 0 Å². The van der Waals surface area contributed by atoms with Crippen LogP contribution in [0.5, 0.6) is 0 Å². The normalized spacial score (nSPS) is 21.1. The molecule has 0 aromatic heterocycles. The van der Waals surface area contributed by atoms with Gasteiger partial charge in [-0.1, -0.05) is 48.5 Å². The molecule has 1 fully saturated rings. The smallest absolute Gasteiger partial charge is 0.407 e. The number of aliphatic carboxylic acids is 1. The van der Waals surface area contributed by atoms with Crippen molar-refractivity contribution in [1.82, 2.24) is 16.2 Å². The number of hydrazine groups is 1. The van der Waals surface area contributed by atoms with Crippen molar-refractivity contribution in [2.45, 2.75) is 18.0 Å². The maximum atomic E-state index is 12.2. The second-order valence-electron chi connectivity index (χ2n) is 6.42. The molecular weight excluding hydrogens is 334 g/mol. The number of carbonyl (C=O) groups excluding carboxylic acids is 1. The van der Waals surface area contributed by atoms with Crippen LogP contribution < -0.4 is 16.2 Å². The summed E-state index contributed by atoms with van der Waals surface area (Å²) < 4.78 is 5.43. The maximum Gasteiger partial charge on any atom is 0.407 e. The van der Waals surface area contributed by atoms with Crippen LogP contribution >= 0.6 is 0 Å².